The molecule has 0 aromatic heterocycles. The molecule has 2 aliphatic carbocycles. The summed E-state index contributed by atoms with van der Waals surface area (Å²) in [5.41, 5.74) is 0. The summed E-state index contributed by atoms with van der Waals surface area (Å²) in [6.45, 7) is 6.70. The van der Waals surface area contributed by atoms with E-state index in [1.165, 1.54) is 0 Å². The molecule has 1 unspecified atom stereocenters. The maximum absolute atomic E-state index is 10.6. The molecule has 2 fully saturated rings. The SMILES string of the molecule is [C-]#[N+]C1[C@H]2CC(=O)C[C@@H]12. The van der Waals surface area contributed by atoms with Crippen LogP contribution in [0.15, 0.2) is 0 Å². The van der Waals surface area contributed by atoms with Crippen molar-refractivity contribution in [1.29, 1.82) is 0 Å². The van der Waals surface area contributed by atoms with Crippen LogP contribution in [0.4, 0.5) is 0 Å². The van der Waals surface area contributed by atoms with Gasteiger partial charge in [0.15, 0.2) is 0 Å². The molecule has 9 heavy (non-hydrogen) atoms. The summed E-state index contributed by atoms with van der Waals surface area (Å²) in [6, 6.07) is 0.225. The van der Waals surface area contributed by atoms with E-state index in [-0.39, 0.29) is 6.04 Å². The Hall–Kier alpha value is -0.840. The highest BCUT2D eigenvalue weighted by atomic mass is 16.1. The third kappa shape index (κ3) is 0.519. The van der Waals surface area contributed by atoms with Crippen LogP contribution in [-0.2, 0) is 4.79 Å². The second-order valence-corrected chi connectivity index (χ2v) is 2.89. The minimum atomic E-state index is 0.225. The van der Waals surface area contributed by atoms with E-state index in [2.05, 4.69) is 4.85 Å². The van der Waals surface area contributed by atoms with Crippen LogP contribution >= 0.6 is 0 Å². The van der Waals surface area contributed by atoms with Gasteiger partial charge < -0.3 is 4.85 Å². The topological polar surface area (TPSA) is 21.4 Å². The maximum atomic E-state index is 10.6. The van der Waals surface area contributed by atoms with Gasteiger partial charge in [0.2, 0.25) is 6.04 Å². The van der Waals surface area contributed by atoms with Crippen LogP contribution in [-0.4, -0.2) is 11.8 Å². The molecular formula is C7H7NO. The zero-order chi connectivity index (χ0) is 6.43. The number of hydrogen-bond acceptors (Lipinski definition) is 1. The molecular weight excluding hydrogens is 114 g/mol. The van der Waals surface area contributed by atoms with Gasteiger partial charge in [0, 0.05) is 12.8 Å². The van der Waals surface area contributed by atoms with E-state index in [1.54, 1.807) is 0 Å². The van der Waals surface area contributed by atoms with Gasteiger partial charge in [-0.3, -0.25) is 4.79 Å². The van der Waals surface area contributed by atoms with Gasteiger partial charge in [-0.25, -0.2) is 6.57 Å². The van der Waals surface area contributed by atoms with E-state index >= 15 is 0 Å². The van der Waals surface area contributed by atoms with Gasteiger partial charge >= 0.3 is 0 Å². The van der Waals surface area contributed by atoms with Crippen LogP contribution < -0.4 is 0 Å². The predicted molar refractivity (Wildman–Crippen MR) is 31.6 cm³/mol. The van der Waals surface area contributed by atoms with Crippen LogP contribution in [0.25, 0.3) is 4.85 Å². The Morgan fingerprint density at radius 1 is 1.44 bits per heavy atom. The monoisotopic (exact) mass is 121 g/mol. The lowest BCUT2D eigenvalue weighted by atomic mass is 10.2. The fraction of sp³-hybridized carbons (Fsp3) is 0.714. The number of nitrogens with zero attached hydrogens (tertiary/aromatic N) is 1. The van der Waals surface area contributed by atoms with Gasteiger partial charge in [0.05, 0.1) is 11.8 Å². The molecule has 0 N–H and O–H groups in total. The minimum absolute atomic E-state index is 0.225. The highest BCUT2D eigenvalue weighted by Gasteiger charge is 2.62. The molecule has 2 aliphatic rings. The average Bonchev–Trinajstić information content (AvgIpc) is 2.30. The maximum Gasteiger partial charge on any atom is 0.231 e. The molecule has 0 aromatic carbocycles. The lowest BCUT2D eigenvalue weighted by Gasteiger charge is -1.87. The number of carbonyl (C=O) groups excluding carboxylic acids is 1. The van der Waals surface area contributed by atoms with Crippen molar-refractivity contribution in [2.75, 3.05) is 0 Å². The first kappa shape index (κ1) is 4.99. The molecule has 2 saturated carbocycles. The van der Waals surface area contributed by atoms with Gasteiger partial charge in [-0.15, -0.1) is 0 Å². The van der Waals surface area contributed by atoms with E-state index < -0.39 is 0 Å². The average molecular weight is 121 g/mol. The van der Waals surface area contributed by atoms with Crippen molar-refractivity contribution in [3.63, 3.8) is 0 Å². The van der Waals surface area contributed by atoms with Crippen LogP contribution in [0.5, 0.6) is 0 Å². The molecule has 2 nitrogen and oxygen atoms in total. The van der Waals surface area contributed by atoms with Crippen molar-refractivity contribution in [1.82, 2.24) is 0 Å². The molecule has 2 rings (SSSR count). The van der Waals surface area contributed by atoms with E-state index in [9.17, 15) is 4.79 Å². The lowest BCUT2D eigenvalue weighted by Crippen LogP contribution is -1.97. The minimum Gasteiger partial charge on any atom is -0.313 e. The highest BCUT2D eigenvalue weighted by molar-refractivity contribution is 5.83. The Morgan fingerprint density at radius 2 is 2.00 bits per heavy atom. The second kappa shape index (κ2) is 1.36. The fourth-order valence-electron chi connectivity index (χ4n) is 1.77. The van der Waals surface area contributed by atoms with Crippen LogP contribution in [0.3, 0.4) is 0 Å². The Morgan fingerprint density at radius 3 is 2.44 bits per heavy atom. The summed E-state index contributed by atoms with van der Waals surface area (Å²) in [5, 5.41) is 0. The predicted octanol–water partition coefficient (Wildman–Crippen LogP) is 0.883. The Balaban J connectivity index is 2.08. The quantitative estimate of drug-likeness (QED) is 0.436. The van der Waals surface area contributed by atoms with Crippen molar-refractivity contribution in [2.45, 2.75) is 18.9 Å². The summed E-state index contributed by atoms with van der Waals surface area (Å²) < 4.78 is 0. The molecule has 3 atom stereocenters. The number of carbonyl (C=O) groups is 1. The van der Waals surface area contributed by atoms with E-state index in [1.807, 2.05) is 0 Å². The largest absolute Gasteiger partial charge is 0.313 e. The zero-order valence-electron chi connectivity index (χ0n) is 5.00. The van der Waals surface area contributed by atoms with Crippen molar-refractivity contribution in [3.8, 4) is 0 Å². The van der Waals surface area contributed by atoms with Gasteiger partial charge in [-0.1, -0.05) is 0 Å². The highest BCUT2D eigenvalue weighted by Crippen LogP contribution is 2.52. The number of rotatable bonds is 0. The molecule has 0 bridgehead atoms. The van der Waals surface area contributed by atoms with Crippen molar-refractivity contribution < 1.29 is 4.79 Å². The molecule has 0 aliphatic heterocycles. The smallest absolute Gasteiger partial charge is 0.231 e. The van der Waals surface area contributed by atoms with Gasteiger partial charge in [-0.2, -0.15) is 0 Å². The molecule has 46 valence electrons. The number of hydrogen-bond donors (Lipinski definition) is 0. The summed E-state index contributed by atoms with van der Waals surface area (Å²) in [7, 11) is 0. The van der Waals surface area contributed by atoms with Crippen LogP contribution in [0.2, 0.25) is 0 Å². The van der Waals surface area contributed by atoms with Crippen molar-refractivity contribution >= 4 is 5.78 Å². The number of Topliss-reactive ketones (excluding diaryl/α,β-unsaturated/α-hetero) is 1. The van der Waals surface area contributed by atoms with E-state index in [0.717, 1.165) is 0 Å². The first-order valence-corrected chi connectivity index (χ1v) is 3.21. The molecule has 0 saturated heterocycles. The Kier molecular flexibility index (Phi) is 0.751. The zero-order valence-corrected chi connectivity index (χ0v) is 5.00. The normalized spacial score (nSPS) is 46.1. The Labute approximate surface area is 53.7 Å². The summed E-state index contributed by atoms with van der Waals surface area (Å²) >= 11 is 0. The molecule has 0 heterocycles. The van der Waals surface area contributed by atoms with Gasteiger partial charge in [0.25, 0.3) is 0 Å². The molecule has 0 radical (unpaired) electrons. The second-order valence-electron chi connectivity index (χ2n) is 2.89. The summed E-state index contributed by atoms with van der Waals surface area (Å²) in [4.78, 5) is 14.1. The standard InChI is InChI=1S/C7H7NO/c1-8-7-5-2-4(9)3-6(5)7/h5-7H,2-3H2/t5-,6+,7?. The molecule has 0 amide bonds. The van der Waals surface area contributed by atoms with Crippen LogP contribution in [0, 0.1) is 18.4 Å². The first-order chi connectivity index (χ1) is 4.33. The molecule has 0 spiro atoms. The first-order valence-electron chi connectivity index (χ1n) is 3.21. The fourth-order valence-corrected chi connectivity index (χ4v) is 1.77. The van der Waals surface area contributed by atoms with Gasteiger partial charge in [0.1, 0.15) is 5.78 Å². The lowest BCUT2D eigenvalue weighted by molar-refractivity contribution is -0.118. The molecule has 2 heteroatoms. The third-order valence-corrected chi connectivity index (χ3v) is 2.36. The number of ketones is 1. The third-order valence-electron chi connectivity index (χ3n) is 2.36. The summed E-state index contributed by atoms with van der Waals surface area (Å²) in [6.07, 6.45) is 1.38. The van der Waals surface area contributed by atoms with Crippen molar-refractivity contribution in [2.24, 2.45) is 11.8 Å². The van der Waals surface area contributed by atoms with Crippen LogP contribution in [0.1, 0.15) is 12.8 Å². The number of fused-ring (bicyclic) bond motifs is 1. The van der Waals surface area contributed by atoms with E-state index in [4.69, 9.17) is 6.57 Å². The van der Waals surface area contributed by atoms with Gasteiger partial charge in [-0.05, 0) is 0 Å². The Bertz CT molecular complexity index is 189. The molecule has 0 aromatic rings. The summed E-state index contributed by atoms with van der Waals surface area (Å²) in [5.74, 6) is 1.30. The van der Waals surface area contributed by atoms with E-state index in [0.29, 0.717) is 30.5 Å². The van der Waals surface area contributed by atoms with Crippen molar-refractivity contribution in [3.05, 3.63) is 11.4 Å².